The Morgan fingerprint density at radius 3 is 2.73 bits per heavy atom. The first-order valence-electron chi connectivity index (χ1n) is 8.06. The van der Waals surface area contributed by atoms with E-state index in [1.807, 2.05) is 19.1 Å². The maximum absolute atomic E-state index is 13.6. The number of fused-ring (bicyclic) bond motifs is 1. The molecule has 1 N–H and O–H groups in total. The number of phenolic OH excluding ortho intramolecular Hbond substituents is 1. The molecule has 0 aliphatic rings. The first-order valence-corrected chi connectivity index (χ1v) is 8.06. The van der Waals surface area contributed by atoms with Crippen molar-refractivity contribution in [3.05, 3.63) is 66.2 Å². The fourth-order valence-electron chi connectivity index (χ4n) is 3.09. The highest BCUT2D eigenvalue weighted by atomic mass is 19.1. The van der Waals surface area contributed by atoms with Gasteiger partial charge in [-0.3, -0.25) is 0 Å². The summed E-state index contributed by atoms with van der Waals surface area (Å²) in [6.45, 7) is 1.89. The highest BCUT2D eigenvalue weighted by Crippen LogP contribution is 2.35. The zero-order valence-electron chi connectivity index (χ0n) is 14.3. The molecule has 0 saturated heterocycles. The second-order valence-electron chi connectivity index (χ2n) is 5.92. The summed E-state index contributed by atoms with van der Waals surface area (Å²) in [7, 11) is 1.51. The fraction of sp³-hybridized carbons (Fsp3) is 0.100. The van der Waals surface area contributed by atoms with E-state index in [-0.39, 0.29) is 11.6 Å². The van der Waals surface area contributed by atoms with Gasteiger partial charge in [-0.15, -0.1) is 0 Å². The molecule has 26 heavy (non-hydrogen) atoms. The van der Waals surface area contributed by atoms with Gasteiger partial charge in [0.2, 0.25) is 0 Å². The summed E-state index contributed by atoms with van der Waals surface area (Å²) in [4.78, 5) is 4.45. The van der Waals surface area contributed by atoms with Crippen LogP contribution in [0.2, 0.25) is 0 Å². The topological polar surface area (TPSA) is 60.2 Å². The van der Waals surface area contributed by atoms with Crippen molar-refractivity contribution < 1.29 is 14.2 Å². The SMILES string of the molecule is COc1cc(-c2ccnc3c2c(C)nn3-c2cccc(F)c2)ccc1O. The number of aromatic nitrogens is 3. The van der Waals surface area contributed by atoms with Crippen molar-refractivity contribution in [2.75, 3.05) is 7.11 Å². The summed E-state index contributed by atoms with van der Waals surface area (Å²) in [6.07, 6.45) is 1.69. The van der Waals surface area contributed by atoms with Crippen LogP contribution < -0.4 is 4.74 Å². The summed E-state index contributed by atoms with van der Waals surface area (Å²) in [5.41, 5.74) is 3.80. The lowest BCUT2D eigenvalue weighted by Crippen LogP contribution is -1.98. The lowest BCUT2D eigenvalue weighted by atomic mass is 10.0. The number of phenols is 1. The number of methoxy groups -OCH3 is 1. The Bertz CT molecular complexity index is 1120. The van der Waals surface area contributed by atoms with Crippen LogP contribution in [-0.2, 0) is 0 Å². The maximum Gasteiger partial charge on any atom is 0.163 e. The van der Waals surface area contributed by atoms with E-state index < -0.39 is 0 Å². The van der Waals surface area contributed by atoms with E-state index in [2.05, 4.69) is 10.1 Å². The van der Waals surface area contributed by atoms with Crippen LogP contribution in [0.25, 0.3) is 27.8 Å². The molecule has 2 heterocycles. The summed E-state index contributed by atoms with van der Waals surface area (Å²) < 4.78 is 20.5. The van der Waals surface area contributed by atoms with Crippen molar-refractivity contribution in [3.8, 4) is 28.3 Å². The van der Waals surface area contributed by atoms with Crippen LogP contribution in [0.4, 0.5) is 4.39 Å². The van der Waals surface area contributed by atoms with Crippen molar-refractivity contribution in [2.45, 2.75) is 6.92 Å². The molecule has 0 bridgehead atoms. The van der Waals surface area contributed by atoms with Crippen LogP contribution in [0, 0.1) is 12.7 Å². The zero-order valence-corrected chi connectivity index (χ0v) is 14.3. The average molecular weight is 349 g/mol. The minimum absolute atomic E-state index is 0.0775. The van der Waals surface area contributed by atoms with E-state index in [1.54, 1.807) is 35.1 Å². The monoisotopic (exact) mass is 349 g/mol. The third-order valence-electron chi connectivity index (χ3n) is 4.29. The van der Waals surface area contributed by atoms with Crippen molar-refractivity contribution in [3.63, 3.8) is 0 Å². The molecule has 4 aromatic rings. The molecule has 2 aromatic carbocycles. The lowest BCUT2D eigenvalue weighted by Gasteiger charge is -2.08. The summed E-state index contributed by atoms with van der Waals surface area (Å²) in [5, 5.41) is 15.3. The molecule has 0 atom stereocenters. The molecule has 0 spiro atoms. The summed E-state index contributed by atoms with van der Waals surface area (Å²) in [6, 6.07) is 13.3. The minimum atomic E-state index is -0.330. The minimum Gasteiger partial charge on any atom is -0.504 e. The van der Waals surface area contributed by atoms with Crippen molar-refractivity contribution >= 4 is 11.0 Å². The molecule has 0 amide bonds. The van der Waals surface area contributed by atoms with E-state index in [9.17, 15) is 9.50 Å². The standard InChI is InChI=1S/C20H16FN3O2/c1-12-19-16(13-6-7-17(25)18(10-13)26-2)8-9-22-20(19)24(23-12)15-5-3-4-14(21)11-15/h3-11,25H,1-2H3. The molecule has 130 valence electrons. The van der Waals surface area contributed by atoms with E-state index in [0.717, 1.165) is 22.2 Å². The normalized spacial score (nSPS) is 11.0. The van der Waals surface area contributed by atoms with Crippen LogP contribution in [0.5, 0.6) is 11.5 Å². The number of hydrogen-bond acceptors (Lipinski definition) is 4. The number of nitrogens with zero attached hydrogens (tertiary/aromatic N) is 3. The Labute approximate surface area is 149 Å². The Morgan fingerprint density at radius 2 is 1.96 bits per heavy atom. The van der Waals surface area contributed by atoms with Crippen LogP contribution in [-0.4, -0.2) is 27.0 Å². The zero-order chi connectivity index (χ0) is 18.3. The van der Waals surface area contributed by atoms with Gasteiger partial charge in [-0.05, 0) is 54.4 Å². The van der Waals surface area contributed by atoms with E-state index in [0.29, 0.717) is 17.1 Å². The van der Waals surface area contributed by atoms with Gasteiger partial charge in [-0.25, -0.2) is 14.1 Å². The first kappa shape index (κ1) is 16.1. The third-order valence-corrected chi connectivity index (χ3v) is 4.29. The predicted molar refractivity (Wildman–Crippen MR) is 97.2 cm³/mol. The smallest absolute Gasteiger partial charge is 0.163 e. The molecule has 4 rings (SSSR count). The van der Waals surface area contributed by atoms with Gasteiger partial charge in [0.1, 0.15) is 5.82 Å². The number of rotatable bonds is 3. The van der Waals surface area contributed by atoms with Crippen LogP contribution >= 0.6 is 0 Å². The second-order valence-corrected chi connectivity index (χ2v) is 5.92. The van der Waals surface area contributed by atoms with E-state index in [4.69, 9.17) is 4.74 Å². The number of ether oxygens (including phenoxy) is 1. The highest BCUT2D eigenvalue weighted by Gasteiger charge is 2.16. The van der Waals surface area contributed by atoms with Gasteiger partial charge >= 0.3 is 0 Å². The summed E-state index contributed by atoms with van der Waals surface area (Å²) in [5.74, 6) is 0.139. The van der Waals surface area contributed by atoms with Gasteiger partial charge in [0, 0.05) is 6.20 Å². The van der Waals surface area contributed by atoms with Gasteiger partial charge in [0.05, 0.1) is 23.9 Å². The molecule has 2 aromatic heterocycles. The van der Waals surface area contributed by atoms with Gasteiger partial charge in [0.25, 0.3) is 0 Å². The van der Waals surface area contributed by atoms with Crippen molar-refractivity contribution in [2.24, 2.45) is 0 Å². The molecule has 5 nitrogen and oxygen atoms in total. The molecule has 0 unspecified atom stereocenters. The van der Waals surface area contributed by atoms with Gasteiger partial charge in [0.15, 0.2) is 17.1 Å². The lowest BCUT2D eigenvalue weighted by molar-refractivity contribution is 0.373. The maximum atomic E-state index is 13.6. The molecule has 0 fully saturated rings. The first-order chi connectivity index (χ1) is 12.6. The van der Waals surface area contributed by atoms with Crippen LogP contribution in [0.3, 0.4) is 0 Å². The predicted octanol–water partition coefficient (Wildman–Crippen LogP) is 4.25. The van der Waals surface area contributed by atoms with Gasteiger partial charge in [-0.1, -0.05) is 12.1 Å². The Morgan fingerprint density at radius 1 is 1.12 bits per heavy atom. The molecular formula is C20H16FN3O2. The Kier molecular flexibility index (Phi) is 3.80. The molecule has 6 heteroatoms. The van der Waals surface area contributed by atoms with Gasteiger partial charge < -0.3 is 9.84 Å². The molecule has 0 aliphatic heterocycles. The number of aryl methyl sites for hydroxylation is 1. The number of aromatic hydroxyl groups is 1. The van der Waals surface area contributed by atoms with Gasteiger partial charge in [-0.2, -0.15) is 5.10 Å². The van der Waals surface area contributed by atoms with E-state index in [1.165, 1.54) is 19.2 Å². The molecule has 0 saturated carbocycles. The largest absolute Gasteiger partial charge is 0.504 e. The molecule has 0 aliphatic carbocycles. The van der Waals surface area contributed by atoms with Crippen LogP contribution in [0.15, 0.2) is 54.7 Å². The quantitative estimate of drug-likeness (QED) is 0.601. The highest BCUT2D eigenvalue weighted by molar-refractivity contribution is 5.95. The third kappa shape index (κ3) is 2.56. The van der Waals surface area contributed by atoms with Crippen LogP contribution in [0.1, 0.15) is 5.69 Å². The Hall–Kier alpha value is -3.41. The fourth-order valence-corrected chi connectivity index (χ4v) is 3.09. The van der Waals surface area contributed by atoms with Crippen molar-refractivity contribution in [1.82, 2.24) is 14.8 Å². The number of benzene rings is 2. The average Bonchev–Trinajstić information content (AvgIpc) is 2.99. The second kappa shape index (κ2) is 6.15. The van der Waals surface area contributed by atoms with Crippen molar-refractivity contribution in [1.29, 1.82) is 0 Å². The number of halogens is 1. The number of hydrogen-bond donors (Lipinski definition) is 1. The number of pyridine rings is 1. The summed E-state index contributed by atoms with van der Waals surface area (Å²) >= 11 is 0. The van der Waals surface area contributed by atoms with E-state index >= 15 is 0 Å². The molecule has 0 radical (unpaired) electrons. The molecular weight excluding hydrogens is 333 g/mol. The Balaban J connectivity index is 1.96.